The number of hydrogen-bond acceptors (Lipinski definition) is 11. The smallest absolute Gasteiger partial charge is 0.186 e. The van der Waals surface area contributed by atoms with Gasteiger partial charge in [0.2, 0.25) is 0 Å². The van der Waals surface area contributed by atoms with Crippen LogP contribution in [-0.2, 0) is 18.9 Å². The molecule has 0 amide bonds. The maximum atomic E-state index is 10.3. The van der Waals surface area contributed by atoms with E-state index in [0.29, 0.717) is 6.61 Å². The Morgan fingerprint density at radius 3 is 1.46 bits per heavy atom. The summed E-state index contributed by atoms with van der Waals surface area (Å²) >= 11 is 0. The molecule has 10 atom stereocenters. The van der Waals surface area contributed by atoms with Crippen LogP contribution in [-0.4, -0.2) is 117 Å². The van der Waals surface area contributed by atoms with Crippen LogP contribution in [0.3, 0.4) is 0 Å². The normalized spacial score (nSPS) is 36.6. The number of aliphatic hydroxyl groups is 7. The third kappa shape index (κ3) is 10.6. The van der Waals surface area contributed by atoms with Gasteiger partial charge >= 0.3 is 0 Å². The van der Waals surface area contributed by atoms with Gasteiger partial charge in [0.05, 0.1) is 13.2 Å². The van der Waals surface area contributed by atoms with Crippen molar-refractivity contribution in [2.75, 3.05) is 19.8 Å². The van der Waals surface area contributed by atoms with E-state index in [-0.39, 0.29) is 6.61 Å². The highest BCUT2D eigenvalue weighted by atomic mass is 16.7. The van der Waals surface area contributed by atoms with Crippen LogP contribution in [0, 0.1) is 0 Å². The molecule has 0 radical (unpaired) electrons. The Labute approximate surface area is 220 Å². The average Bonchev–Trinajstić information content (AvgIpc) is 2.90. The van der Waals surface area contributed by atoms with Crippen molar-refractivity contribution in [3.8, 4) is 0 Å². The fraction of sp³-hybridized carbons (Fsp3) is 1.00. The van der Waals surface area contributed by atoms with Crippen molar-refractivity contribution >= 4 is 0 Å². The van der Waals surface area contributed by atoms with Crippen molar-refractivity contribution in [3.05, 3.63) is 0 Å². The average molecular weight is 539 g/mol. The summed E-state index contributed by atoms with van der Waals surface area (Å²) < 4.78 is 21.9. The molecule has 2 fully saturated rings. The molecule has 2 aliphatic heterocycles. The Morgan fingerprint density at radius 2 is 0.946 bits per heavy atom. The topological polar surface area (TPSA) is 179 Å². The fourth-order valence-corrected chi connectivity index (χ4v) is 4.73. The lowest BCUT2D eigenvalue weighted by Gasteiger charge is -2.42. The van der Waals surface area contributed by atoms with Crippen LogP contribution >= 0.6 is 0 Å². The Bertz CT molecular complexity index is 581. The molecule has 37 heavy (non-hydrogen) atoms. The van der Waals surface area contributed by atoms with E-state index in [1.165, 1.54) is 57.8 Å². The molecule has 0 aliphatic carbocycles. The van der Waals surface area contributed by atoms with Gasteiger partial charge in [0.1, 0.15) is 48.8 Å². The summed E-state index contributed by atoms with van der Waals surface area (Å²) in [5.74, 6) is 0. The fourth-order valence-electron chi connectivity index (χ4n) is 4.73. The molecule has 0 bridgehead atoms. The lowest BCUT2D eigenvalue weighted by molar-refractivity contribution is -0.331. The first kappa shape index (κ1) is 32.8. The molecule has 2 aliphatic rings. The Kier molecular flexibility index (Phi) is 16.0. The van der Waals surface area contributed by atoms with Gasteiger partial charge in [0, 0.05) is 6.61 Å². The van der Waals surface area contributed by atoms with Gasteiger partial charge in [0.15, 0.2) is 12.6 Å². The zero-order valence-corrected chi connectivity index (χ0v) is 22.1. The van der Waals surface area contributed by atoms with Crippen LogP contribution in [0.15, 0.2) is 0 Å². The monoisotopic (exact) mass is 538 g/mol. The molecule has 7 N–H and O–H groups in total. The van der Waals surface area contributed by atoms with Crippen LogP contribution in [0.1, 0.15) is 84.0 Å². The highest BCUT2D eigenvalue weighted by Crippen LogP contribution is 2.26. The van der Waals surface area contributed by atoms with E-state index in [1.54, 1.807) is 0 Å². The second kappa shape index (κ2) is 18.0. The minimum Gasteiger partial charge on any atom is -0.394 e. The maximum absolute atomic E-state index is 10.3. The van der Waals surface area contributed by atoms with Crippen LogP contribution in [0.2, 0.25) is 0 Å². The molecule has 2 saturated heterocycles. The highest BCUT2D eigenvalue weighted by molar-refractivity contribution is 4.91. The summed E-state index contributed by atoms with van der Waals surface area (Å²) in [5, 5.41) is 69.9. The van der Waals surface area contributed by atoms with Gasteiger partial charge in [0.25, 0.3) is 0 Å². The molecule has 0 aromatic rings. The standard InChI is InChI=1S/C26H50O11/c1-2-3-4-5-6-7-8-9-10-11-12-13-14-34-25-23(32)22(31)20(29)18(37-25)16-35-26-24(33)21(30)19(28)17(15-27)36-26/h17-33H,2-16H2,1H3/t17-,18-,19-,20-,21+,22+,23-,24-,25+,26+/m1/s1. The minimum atomic E-state index is -1.60. The molecule has 0 saturated carbocycles. The zero-order valence-electron chi connectivity index (χ0n) is 22.1. The third-order valence-electron chi connectivity index (χ3n) is 7.22. The van der Waals surface area contributed by atoms with Gasteiger partial charge in [-0.15, -0.1) is 0 Å². The molecule has 0 spiro atoms. The van der Waals surface area contributed by atoms with Gasteiger partial charge in [-0.25, -0.2) is 0 Å². The molecule has 2 rings (SSSR count). The summed E-state index contributed by atoms with van der Waals surface area (Å²) in [6, 6.07) is 0. The van der Waals surface area contributed by atoms with Gasteiger partial charge in [-0.3, -0.25) is 0 Å². The molecule has 2 heterocycles. The van der Waals surface area contributed by atoms with Crippen LogP contribution in [0.4, 0.5) is 0 Å². The van der Waals surface area contributed by atoms with Crippen LogP contribution in [0.5, 0.6) is 0 Å². The number of unbranched alkanes of at least 4 members (excludes halogenated alkanes) is 11. The van der Waals surface area contributed by atoms with Gasteiger partial charge in [-0.2, -0.15) is 0 Å². The maximum Gasteiger partial charge on any atom is 0.186 e. The second-order valence-electron chi connectivity index (χ2n) is 10.3. The van der Waals surface area contributed by atoms with E-state index >= 15 is 0 Å². The van der Waals surface area contributed by atoms with Gasteiger partial charge in [-0.05, 0) is 6.42 Å². The number of ether oxygens (including phenoxy) is 4. The Balaban J connectivity index is 1.64. The molecule has 11 heteroatoms. The van der Waals surface area contributed by atoms with E-state index in [1.807, 2.05) is 0 Å². The molecular formula is C26H50O11. The Morgan fingerprint density at radius 1 is 0.514 bits per heavy atom. The quantitative estimate of drug-likeness (QED) is 0.120. The van der Waals surface area contributed by atoms with Gasteiger partial charge in [-0.1, -0.05) is 77.6 Å². The number of hydrogen-bond donors (Lipinski definition) is 7. The summed E-state index contributed by atoms with van der Waals surface area (Å²) in [5.41, 5.74) is 0. The SMILES string of the molecule is CCCCCCCCCCCCCCO[C@H]1O[C@H](CO[C@H]2O[C@H](CO)[C@@H](O)[C@H](O)[C@H]2O)[C@@H](O)[C@H](O)[C@H]1O. The van der Waals surface area contributed by atoms with E-state index in [2.05, 4.69) is 6.92 Å². The van der Waals surface area contributed by atoms with E-state index < -0.39 is 68.0 Å². The van der Waals surface area contributed by atoms with Crippen molar-refractivity contribution in [3.63, 3.8) is 0 Å². The summed E-state index contributed by atoms with van der Waals surface area (Å²) in [7, 11) is 0. The van der Waals surface area contributed by atoms with E-state index in [0.717, 1.165) is 19.3 Å². The first-order valence-corrected chi connectivity index (χ1v) is 14.0. The van der Waals surface area contributed by atoms with Crippen molar-refractivity contribution in [1.29, 1.82) is 0 Å². The van der Waals surface area contributed by atoms with Crippen molar-refractivity contribution in [1.82, 2.24) is 0 Å². The summed E-state index contributed by atoms with van der Waals surface area (Å²) in [6.45, 7) is 1.58. The lowest BCUT2D eigenvalue weighted by atomic mass is 9.98. The number of aliphatic hydroxyl groups excluding tert-OH is 7. The summed E-state index contributed by atoms with van der Waals surface area (Å²) in [4.78, 5) is 0. The molecule has 11 nitrogen and oxygen atoms in total. The van der Waals surface area contributed by atoms with Crippen molar-refractivity contribution in [2.24, 2.45) is 0 Å². The molecule has 0 aromatic carbocycles. The molecule has 0 unspecified atom stereocenters. The second-order valence-corrected chi connectivity index (χ2v) is 10.3. The minimum absolute atomic E-state index is 0.322. The highest BCUT2D eigenvalue weighted by Gasteiger charge is 2.47. The van der Waals surface area contributed by atoms with Crippen LogP contribution < -0.4 is 0 Å². The number of rotatable bonds is 18. The third-order valence-corrected chi connectivity index (χ3v) is 7.22. The van der Waals surface area contributed by atoms with Gasteiger partial charge < -0.3 is 54.7 Å². The predicted molar refractivity (Wildman–Crippen MR) is 133 cm³/mol. The van der Waals surface area contributed by atoms with Crippen molar-refractivity contribution < 1.29 is 54.7 Å². The van der Waals surface area contributed by atoms with Crippen molar-refractivity contribution in [2.45, 2.75) is 145 Å². The molecule has 0 aromatic heterocycles. The van der Waals surface area contributed by atoms with E-state index in [9.17, 15) is 35.7 Å². The predicted octanol–water partition coefficient (Wildman–Crippen LogP) is 0.328. The molecular weight excluding hydrogens is 488 g/mol. The largest absolute Gasteiger partial charge is 0.394 e. The zero-order chi connectivity index (χ0) is 27.2. The van der Waals surface area contributed by atoms with E-state index in [4.69, 9.17) is 18.9 Å². The lowest BCUT2D eigenvalue weighted by Crippen LogP contribution is -2.61. The first-order valence-electron chi connectivity index (χ1n) is 14.0. The van der Waals surface area contributed by atoms with Crippen LogP contribution in [0.25, 0.3) is 0 Å². The molecule has 220 valence electrons. The first-order chi connectivity index (χ1) is 17.8. The summed E-state index contributed by atoms with van der Waals surface area (Å²) in [6.07, 6.45) is 0.429. The Hall–Kier alpha value is -0.440.